The summed E-state index contributed by atoms with van der Waals surface area (Å²) in [5.74, 6) is -0.154. The van der Waals surface area contributed by atoms with Crippen LogP contribution in [-0.4, -0.2) is 32.8 Å². The van der Waals surface area contributed by atoms with Crippen molar-refractivity contribution < 1.29 is 14.3 Å². The van der Waals surface area contributed by atoms with E-state index in [0.717, 1.165) is 5.56 Å². The normalized spacial score (nSPS) is 12.2. The maximum atomic E-state index is 11.6. The van der Waals surface area contributed by atoms with Crippen LogP contribution in [0, 0.1) is 0 Å². The lowest BCUT2D eigenvalue weighted by molar-refractivity contribution is -0.126. The first-order chi connectivity index (χ1) is 8.63. The lowest BCUT2D eigenvalue weighted by Crippen LogP contribution is -2.30. The molecule has 100 valence electrons. The van der Waals surface area contributed by atoms with E-state index >= 15 is 0 Å². The molecular formula is C13H18ClNO3. The Labute approximate surface area is 112 Å². The first-order valence-corrected chi connectivity index (χ1v) is 6.12. The van der Waals surface area contributed by atoms with E-state index < -0.39 is 0 Å². The molecule has 1 N–H and O–H groups in total. The van der Waals surface area contributed by atoms with E-state index in [-0.39, 0.29) is 18.6 Å². The minimum atomic E-state index is -0.154. The van der Waals surface area contributed by atoms with E-state index in [1.165, 1.54) is 0 Å². The maximum Gasteiger partial charge on any atom is 0.246 e. The number of ether oxygens (including phenoxy) is 2. The fourth-order valence-electron chi connectivity index (χ4n) is 1.45. The van der Waals surface area contributed by atoms with Gasteiger partial charge in [-0.2, -0.15) is 0 Å². The molecule has 1 rings (SSSR count). The van der Waals surface area contributed by atoms with Crippen molar-refractivity contribution in [3.8, 4) is 0 Å². The van der Waals surface area contributed by atoms with Gasteiger partial charge in [-0.15, -0.1) is 0 Å². The van der Waals surface area contributed by atoms with Gasteiger partial charge in [0, 0.05) is 12.1 Å². The summed E-state index contributed by atoms with van der Waals surface area (Å²) in [7, 11) is 1.59. The van der Waals surface area contributed by atoms with Crippen LogP contribution in [0.4, 0.5) is 0 Å². The van der Waals surface area contributed by atoms with Crippen LogP contribution in [0.5, 0.6) is 0 Å². The molecule has 0 radical (unpaired) electrons. The summed E-state index contributed by atoms with van der Waals surface area (Å²) in [5.41, 5.74) is 0.966. The minimum Gasteiger partial charge on any atom is -0.382 e. The Morgan fingerprint density at radius 2 is 2.22 bits per heavy atom. The SMILES string of the molecule is COCCOCC(=O)N[C@@H](C)c1cccc(Cl)c1. The Balaban J connectivity index is 2.35. The highest BCUT2D eigenvalue weighted by Gasteiger charge is 2.09. The molecule has 0 aromatic heterocycles. The van der Waals surface area contributed by atoms with Crippen molar-refractivity contribution in [1.29, 1.82) is 0 Å². The molecule has 1 amide bonds. The number of carbonyl (C=O) groups is 1. The van der Waals surface area contributed by atoms with Crippen molar-refractivity contribution in [2.75, 3.05) is 26.9 Å². The number of methoxy groups -OCH3 is 1. The van der Waals surface area contributed by atoms with Crippen molar-refractivity contribution >= 4 is 17.5 Å². The summed E-state index contributed by atoms with van der Waals surface area (Å²) in [4.78, 5) is 11.6. The molecule has 0 spiro atoms. The van der Waals surface area contributed by atoms with E-state index in [4.69, 9.17) is 21.1 Å². The Kier molecular flexibility index (Phi) is 6.72. The molecule has 1 aromatic rings. The number of hydrogen-bond donors (Lipinski definition) is 1. The van der Waals surface area contributed by atoms with Crippen molar-refractivity contribution in [1.82, 2.24) is 5.32 Å². The van der Waals surface area contributed by atoms with Crippen LogP contribution < -0.4 is 5.32 Å². The number of nitrogens with one attached hydrogen (secondary N) is 1. The molecule has 0 heterocycles. The Morgan fingerprint density at radius 1 is 1.44 bits per heavy atom. The zero-order valence-corrected chi connectivity index (χ0v) is 11.4. The third-order valence-corrected chi connectivity index (χ3v) is 2.63. The maximum absolute atomic E-state index is 11.6. The summed E-state index contributed by atoms with van der Waals surface area (Å²) >= 11 is 5.89. The van der Waals surface area contributed by atoms with Crippen LogP contribution >= 0.6 is 11.6 Å². The second kappa shape index (κ2) is 8.08. The highest BCUT2D eigenvalue weighted by molar-refractivity contribution is 6.30. The van der Waals surface area contributed by atoms with Crippen LogP contribution in [0.3, 0.4) is 0 Å². The fraction of sp³-hybridized carbons (Fsp3) is 0.462. The Hall–Kier alpha value is -1.10. The predicted octanol–water partition coefficient (Wildman–Crippen LogP) is 2.18. The van der Waals surface area contributed by atoms with Crippen LogP contribution in [0.1, 0.15) is 18.5 Å². The van der Waals surface area contributed by atoms with E-state index in [1.807, 2.05) is 25.1 Å². The molecule has 0 saturated heterocycles. The number of halogens is 1. The van der Waals surface area contributed by atoms with Gasteiger partial charge in [-0.1, -0.05) is 23.7 Å². The molecule has 5 heteroatoms. The molecule has 0 aliphatic heterocycles. The second-order valence-corrected chi connectivity index (χ2v) is 4.33. The monoisotopic (exact) mass is 271 g/mol. The van der Waals surface area contributed by atoms with Gasteiger partial charge in [0.1, 0.15) is 6.61 Å². The van der Waals surface area contributed by atoms with Gasteiger partial charge in [0.25, 0.3) is 0 Å². The van der Waals surface area contributed by atoms with Gasteiger partial charge in [0.05, 0.1) is 19.3 Å². The van der Waals surface area contributed by atoms with E-state index in [0.29, 0.717) is 18.2 Å². The third kappa shape index (κ3) is 5.49. The summed E-state index contributed by atoms with van der Waals surface area (Å²) in [6.07, 6.45) is 0. The topological polar surface area (TPSA) is 47.6 Å². The van der Waals surface area contributed by atoms with Gasteiger partial charge >= 0.3 is 0 Å². The zero-order valence-electron chi connectivity index (χ0n) is 10.6. The van der Waals surface area contributed by atoms with E-state index in [9.17, 15) is 4.79 Å². The first kappa shape index (κ1) is 15.0. The molecule has 0 saturated carbocycles. The van der Waals surface area contributed by atoms with Crippen molar-refractivity contribution in [3.63, 3.8) is 0 Å². The molecule has 0 fully saturated rings. The smallest absolute Gasteiger partial charge is 0.246 e. The van der Waals surface area contributed by atoms with Crippen LogP contribution in [0.2, 0.25) is 5.02 Å². The second-order valence-electron chi connectivity index (χ2n) is 3.89. The van der Waals surface area contributed by atoms with Crippen molar-refractivity contribution in [3.05, 3.63) is 34.9 Å². The lowest BCUT2D eigenvalue weighted by atomic mass is 10.1. The molecule has 0 unspecified atom stereocenters. The van der Waals surface area contributed by atoms with Gasteiger partial charge in [-0.25, -0.2) is 0 Å². The van der Waals surface area contributed by atoms with Gasteiger partial charge in [0.15, 0.2) is 0 Å². The molecular weight excluding hydrogens is 254 g/mol. The zero-order chi connectivity index (χ0) is 13.4. The standard InChI is InChI=1S/C13H18ClNO3/c1-10(11-4-3-5-12(14)8-11)15-13(16)9-18-7-6-17-2/h3-5,8,10H,6-7,9H2,1-2H3,(H,15,16)/t10-/m0/s1. The summed E-state index contributed by atoms with van der Waals surface area (Å²) in [6.45, 7) is 2.83. The number of benzene rings is 1. The third-order valence-electron chi connectivity index (χ3n) is 2.39. The summed E-state index contributed by atoms with van der Waals surface area (Å²) in [6, 6.07) is 7.31. The summed E-state index contributed by atoms with van der Waals surface area (Å²) < 4.78 is 9.95. The number of rotatable bonds is 7. The van der Waals surface area contributed by atoms with Crippen LogP contribution in [0.25, 0.3) is 0 Å². The van der Waals surface area contributed by atoms with Gasteiger partial charge in [0.2, 0.25) is 5.91 Å². The number of carbonyl (C=O) groups excluding carboxylic acids is 1. The predicted molar refractivity (Wildman–Crippen MR) is 70.7 cm³/mol. The van der Waals surface area contributed by atoms with Gasteiger partial charge in [-0.3, -0.25) is 4.79 Å². The largest absolute Gasteiger partial charge is 0.382 e. The molecule has 0 aliphatic carbocycles. The summed E-state index contributed by atoms with van der Waals surface area (Å²) in [5, 5.41) is 3.49. The highest BCUT2D eigenvalue weighted by Crippen LogP contribution is 2.17. The van der Waals surface area contributed by atoms with E-state index in [1.54, 1.807) is 13.2 Å². The Morgan fingerprint density at radius 3 is 2.89 bits per heavy atom. The van der Waals surface area contributed by atoms with Crippen molar-refractivity contribution in [2.45, 2.75) is 13.0 Å². The number of hydrogen-bond acceptors (Lipinski definition) is 3. The molecule has 18 heavy (non-hydrogen) atoms. The quantitative estimate of drug-likeness (QED) is 0.774. The minimum absolute atomic E-state index is 0.0360. The molecule has 4 nitrogen and oxygen atoms in total. The highest BCUT2D eigenvalue weighted by atomic mass is 35.5. The van der Waals surface area contributed by atoms with E-state index in [2.05, 4.69) is 5.32 Å². The van der Waals surface area contributed by atoms with Crippen LogP contribution in [-0.2, 0) is 14.3 Å². The van der Waals surface area contributed by atoms with Gasteiger partial charge in [-0.05, 0) is 24.6 Å². The molecule has 0 aliphatic rings. The molecule has 1 atom stereocenters. The Bertz CT molecular complexity index is 384. The van der Waals surface area contributed by atoms with Gasteiger partial charge < -0.3 is 14.8 Å². The van der Waals surface area contributed by atoms with Crippen LogP contribution in [0.15, 0.2) is 24.3 Å². The average Bonchev–Trinajstić information content (AvgIpc) is 2.34. The fourth-order valence-corrected chi connectivity index (χ4v) is 1.65. The number of amides is 1. The first-order valence-electron chi connectivity index (χ1n) is 5.75. The average molecular weight is 272 g/mol. The lowest BCUT2D eigenvalue weighted by Gasteiger charge is -2.14. The molecule has 0 bridgehead atoms. The van der Waals surface area contributed by atoms with Crippen molar-refractivity contribution in [2.24, 2.45) is 0 Å². The molecule has 1 aromatic carbocycles.